The molecule has 6 heteroatoms. The number of unbranched alkanes of at least 4 members (excludes halogenated alkanes) is 1. The van der Waals surface area contributed by atoms with Crippen LogP contribution in [0.25, 0.3) is 0 Å². The Balaban J connectivity index is 2.43. The third-order valence-corrected chi connectivity index (χ3v) is 3.35. The Morgan fingerprint density at radius 1 is 1.56 bits per heavy atom. The number of rotatable bonds is 6. The Kier molecular flexibility index (Phi) is 5.91. The molecular weight excluding hydrogens is 234 g/mol. The Morgan fingerprint density at radius 3 is 2.78 bits per heavy atom. The van der Waals surface area contributed by atoms with Crippen molar-refractivity contribution in [2.24, 2.45) is 11.7 Å². The number of carbonyl (C=O) groups excluding carboxylic acids is 1. The van der Waals surface area contributed by atoms with Crippen molar-refractivity contribution < 1.29 is 14.7 Å². The summed E-state index contributed by atoms with van der Waals surface area (Å²) >= 11 is 0. The van der Waals surface area contributed by atoms with Crippen LogP contribution >= 0.6 is 0 Å². The summed E-state index contributed by atoms with van der Waals surface area (Å²) in [7, 11) is 0. The fourth-order valence-corrected chi connectivity index (χ4v) is 2.12. The summed E-state index contributed by atoms with van der Waals surface area (Å²) in [6.45, 7) is 3.85. The number of aliphatic carboxylic acids is 1. The zero-order chi connectivity index (χ0) is 13.5. The highest BCUT2D eigenvalue weighted by Crippen LogP contribution is 2.15. The standard InChI is InChI=1S/C12H23N3O3/c1-2-3-4-10(11(16)17)14-12(18)15-6-5-9(7-13)8-15/h9-10H,2-8,13H2,1H3,(H,14,18)(H,16,17). The third-order valence-electron chi connectivity index (χ3n) is 3.35. The van der Waals surface area contributed by atoms with E-state index in [0.29, 0.717) is 32.0 Å². The van der Waals surface area contributed by atoms with Crippen LogP contribution in [0.2, 0.25) is 0 Å². The molecule has 0 radical (unpaired) electrons. The van der Waals surface area contributed by atoms with Crippen LogP contribution in [0.15, 0.2) is 0 Å². The molecule has 1 aliphatic rings. The predicted molar refractivity (Wildman–Crippen MR) is 68.2 cm³/mol. The molecular formula is C12H23N3O3. The largest absolute Gasteiger partial charge is 0.480 e. The number of carbonyl (C=O) groups is 2. The molecule has 1 rings (SSSR count). The molecule has 2 amide bonds. The maximum absolute atomic E-state index is 11.9. The van der Waals surface area contributed by atoms with Crippen LogP contribution in [0, 0.1) is 5.92 Å². The minimum Gasteiger partial charge on any atom is -0.480 e. The molecule has 1 fully saturated rings. The smallest absolute Gasteiger partial charge is 0.326 e. The lowest BCUT2D eigenvalue weighted by Gasteiger charge is -2.21. The van der Waals surface area contributed by atoms with Crippen LogP contribution in [0.1, 0.15) is 32.6 Å². The summed E-state index contributed by atoms with van der Waals surface area (Å²) in [5, 5.41) is 11.6. The van der Waals surface area contributed by atoms with Gasteiger partial charge in [0.25, 0.3) is 0 Å². The Bertz CT molecular complexity index is 296. The summed E-state index contributed by atoms with van der Waals surface area (Å²) in [4.78, 5) is 24.6. The molecule has 2 atom stereocenters. The number of urea groups is 1. The SMILES string of the molecule is CCCCC(NC(=O)N1CCC(CN)C1)C(=O)O. The number of carboxylic acid groups (broad SMARTS) is 1. The van der Waals surface area contributed by atoms with Gasteiger partial charge in [-0.1, -0.05) is 19.8 Å². The molecule has 0 aliphatic carbocycles. The van der Waals surface area contributed by atoms with Crippen LogP contribution in [0.3, 0.4) is 0 Å². The van der Waals surface area contributed by atoms with Crippen molar-refractivity contribution in [3.05, 3.63) is 0 Å². The number of nitrogens with zero attached hydrogens (tertiary/aromatic N) is 1. The fraction of sp³-hybridized carbons (Fsp3) is 0.833. The van der Waals surface area contributed by atoms with Gasteiger partial charge in [-0.3, -0.25) is 0 Å². The molecule has 0 aromatic rings. The first-order valence-electron chi connectivity index (χ1n) is 6.56. The first kappa shape index (κ1) is 14.8. The van der Waals surface area contributed by atoms with Gasteiger partial charge in [0.05, 0.1) is 0 Å². The minimum atomic E-state index is -0.966. The molecule has 0 aromatic carbocycles. The van der Waals surface area contributed by atoms with Gasteiger partial charge >= 0.3 is 12.0 Å². The molecule has 18 heavy (non-hydrogen) atoms. The zero-order valence-corrected chi connectivity index (χ0v) is 10.9. The molecule has 0 saturated carbocycles. The van der Waals surface area contributed by atoms with Gasteiger partial charge in [0, 0.05) is 13.1 Å². The number of nitrogens with two attached hydrogens (primary N) is 1. The zero-order valence-electron chi connectivity index (χ0n) is 10.9. The van der Waals surface area contributed by atoms with Crippen LogP contribution in [-0.2, 0) is 4.79 Å². The van der Waals surface area contributed by atoms with Crippen molar-refractivity contribution in [3.63, 3.8) is 0 Å². The van der Waals surface area contributed by atoms with Crippen LogP contribution in [-0.4, -0.2) is 47.7 Å². The van der Waals surface area contributed by atoms with E-state index in [9.17, 15) is 9.59 Å². The highest BCUT2D eigenvalue weighted by atomic mass is 16.4. The molecule has 1 aliphatic heterocycles. The van der Waals surface area contributed by atoms with E-state index in [1.165, 1.54) is 0 Å². The number of amides is 2. The molecule has 2 unspecified atom stereocenters. The maximum Gasteiger partial charge on any atom is 0.326 e. The van der Waals surface area contributed by atoms with Crippen LogP contribution in [0.4, 0.5) is 4.79 Å². The van der Waals surface area contributed by atoms with E-state index in [1.807, 2.05) is 6.92 Å². The average Bonchev–Trinajstić information content (AvgIpc) is 2.82. The summed E-state index contributed by atoms with van der Waals surface area (Å²) < 4.78 is 0. The summed E-state index contributed by atoms with van der Waals surface area (Å²) in [5.74, 6) is -0.624. The van der Waals surface area contributed by atoms with Crippen molar-refractivity contribution in [1.29, 1.82) is 0 Å². The van der Waals surface area contributed by atoms with Gasteiger partial charge in [0.15, 0.2) is 0 Å². The van der Waals surface area contributed by atoms with Crippen molar-refractivity contribution in [3.8, 4) is 0 Å². The molecule has 0 bridgehead atoms. The molecule has 104 valence electrons. The lowest BCUT2D eigenvalue weighted by molar-refractivity contribution is -0.139. The predicted octanol–water partition coefficient (Wildman–Crippen LogP) is 0.620. The van der Waals surface area contributed by atoms with Crippen LogP contribution in [0.5, 0.6) is 0 Å². The normalized spacial score (nSPS) is 20.8. The van der Waals surface area contributed by atoms with Crippen LogP contribution < -0.4 is 11.1 Å². The summed E-state index contributed by atoms with van der Waals surface area (Å²) in [5.41, 5.74) is 5.56. The minimum absolute atomic E-state index is 0.283. The molecule has 1 saturated heterocycles. The van der Waals surface area contributed by atoms with Crippen molar-refractivity contribution in [2.45, 2.75) is 38.6 Å². The second-order valence-electron chi connectivity index (χ2n) is 4.82. The summed E-state index contributed by atoms with van der Waals surface area (Å²) in [6.07, 6.45) is 3.09. The Hall–Kier alpha value is -1.30. The highest BCUT2D eigenvalue weighted by molar-refractivity contribution is 5.82. The van der Waals surface area contributed by atoms with Crippen molar-refractivity contribution >= 4 is 12.0 Å². The van der Waals surface area contributed by atoms with Gasteiger partial charge in [0.2, 0.25) is 0 Å². The van der Waals surface area contributed by atoms with E-state index in [4.69, 9.17) is 10.8 Å². The van der Waals surface area contributed by atoms with E-state index in [0.717, 1.165) is 19.3 Å². The first-order chi connectivity index (χ1) is 8.58. The number of nitrogens with one attached hydrogen (secondary N) is 1. The second kappa shape index (κ2) is 7.20. The van der Waals surface area contributed by atoms with Gasteiger partial charge in [-0.15, -0.1) is 0 Å². The van der Waals surface area contributed by atoms with Gasteiger partial charge in [-0.05, 0) is 25.3 Å². The summed E-state index contributed by atoms with van der Waals surface area (Å²) in [6, 6.07) is -1.07. The monoisotopic (exact) mass is 257 g/mol. The van der Waals surface area contributed by atoms with Gasteiger partial charge in [-0.2, -0.15) is 0 Å². The number of likely N-dealkylation sites (tertiary alicyclic amines) is 1. The third kappa shape index (κ3) is 4.18. The van der Waals surface area contributed by atoms with Crippen molar-refractivity contribution in [1.82, 2.24) is 10.2 Å². The van der Waals surface area contributed by atoms with E-state index < -0.39 is 12.0 Å². The van der Waals surface area contributed by atoms with Gasteiger partial charge in [0.1, 0.15) is 6.04 Å². The lowest BCUT2D eigenvalue weighted by Crippen LogP contribution is -2.47. The Labute approximate surface area is 108 Å². The number of hydrogen-bond donors (Lipinski definition) is 3. The second-order valence-corrected chi connectivity index (χ2v) is 4.82. The molecule has 6 nitrogen and oxygen atoms in total. The average molecular weight is 257 g/mol. The van der Waals surface area contributed by atoms with E-state index in [2.05, 4.69) is 5.32 Å². The molecule has 4 N–H and O–H groups in total. The first-order valence-corrected chi connectivity index (χ1v) is 6.56. The highest BCUT2D eigenvalue weighted by Gasteiger charge is 2.28. The van der Waals surface area contributed by atoms with E-state index >= 15 is 0 Å². The number of hydrogen-bond acceptors (Lipinski definition) is 3. The molecule has 1 heterocycles. The fourth-order valence-electron chi connectivity index (χ4n) is 2.12. The van der Waals surface area contributed by atoms with E-state index in [1.54, 1.807) is 4.90 Å². The van der Waals surface area contributed by atoms with E-state index in [-0.39, 0.29) is 6.03 Å². The molecule has 0 spiro atoms. The van der Waals surface area contributed by atoms with Gasteiger partial charge in [-0.25, -0.2) is 9.59 Å². The maximum atomic E-state index is 11.9. The molecule has 0 aromatic heterocycles. The lowest BCUT2D eigenvalue weighted by atomic mass is 10.1. The topological polar surface area (TPSA) is 95.7 Å². The Morgan fingerprint density at radius 2 is 2.28 bits per heavy atom. The van der Waals surface area contributed by atoms with Crippen molar-refractivity contribution in [2.75, 3.05) is 19.6 Å². The number of carboxylic acids is 1. The van der Waals surface area contributed by atoms with Gasteiger partial charge < -0.3 is 21.1 Å². The quantitative estimate of drug-likeness (QED) is 0.650.